The van der Waals surface area contributed by atoms with Gasteiger partial charge in [-0.05, 0) is 44.4 Å². The lowest BCUT2D eigenvalue weighted by atomic mass is 10.0. The van der Waals surface area contributed by atoms with Gasteiger partial charge in [0.15, 0.2) is 0 Å². The van der Waals surface area contributed by atoms with Gasteiger partial charge < -0.3 is 15.4 Å². The van der Waals surface area contributed by atoms with Gasteiger partial charge in [-0.1, -0.05) is 18.2 Å². The van der Waals surface area contributed by atoms with Crippen molar-refractivity contribution in [2.24, 2.45) is 5.73 Å². The average Bonchev–Trinajstić information content (AvgIpc) is 2.41. The highest BCUT2D eigenvalue weighted by molar-refractivity contribution is 5.54. The van der Waals surface area contributed by atoms with Crippen molar-refractivity contribution in [3.63, 3.8) is 0 Å². The van der Waals surface area contributed by atoms with Crippen molar-refractivity contribution in [2.75, 3.05) is 31.1 Å². The van der Waals surface area contributed by atoms with Crippen LogP contribution in [0.2, 0.25) is 0 Å². The van der Waals surface area contributed by atoms with Gasteiger partial charge in [-0.2, -0.15) is 0 Å². The number of piperidine rings is 1. The molecule has 18 heavy (non-hydrogen) atoms. The van der Waals surface area contributed by atoms with Crippen molar-refractivity contribution >= 4 is 5.69 Å². The molecular weight excluding hydrogens is 224 g/mol. The molecule has 0 amide bonds. The van der Waals surface area contributed by atoms with Crippen LogP contribution in [-0.2, 0) is 11.2 Å². The Labute approximate surface area is 110 Å². The lowest BCUT2D eigenvalue weighted by molar-refractivity contribution is 0.0459. The van der Waals surface area contributed by atoms with Gasteiger partial charge in [0.1, 0.15) is 0 Å². The van der Waals surface area contributed by atoms with Crippen molar-refractivity contribution in [2.45, 2.75) is 32.3 Å². The van der Waals surface area contributed by atoms with Crippen molar-refractivity contribution in [1.82, 2.24) is 0 Å². The van der Waals surface area contributed by atoms with Crippen LogP contribution in [0.5, 0.6) is 0 Å². The zero-order valence-electron chi connectivity index (χ0n) is 11.3. The molecule has 1 aromatic carbocycles. The first-order chi connectivity index (χ1) is 8.85. The molecule has 0 atom stereocenters. The topological polar surface area (TPSA) is 38.5 Å². The van der Waals surface area contributed by atoms with E-state index in [9.17, 15) is 0 Å². The molecule has 0 spiro atoms. The predicted octanol–water partition coefficient (Wildman–Crippen LogP) is 2.19. The number of anilines is 1. The molecule has 2 N–H and O–H groups in total. The van der Waals surface area contributed by atoms with Crippen molar-refractivity contribution in [1.29, 1.82) is 0 Å². The Morgan fingerprint density at radius 1 is 1.28 bits per heavy atom. The molecule has 0 unspecified atom stereocenters. The van der Waals surface area contributed by atoms with Crippen LogP contribution >= 0.6 is 0 Å². The molecular formula is C15H24N2O. The highest BCUT2D eigenvalue weighted by Crippen LogP contribution is 2.25. The number of benzene rings is 1. The number of hydrogen-bond acceptors (Lipinski definition) is 3. The molecule has 100 valence electrons. The summed E-state index contributed by atoms with van der Waals surface area (Å²) in [7, 11) is 0. The molecule has 2 rings (SSSR count). The van der Waals surface area contributed by atoms with Crippen molar-refractivity contribution in [3.8, 4) is 0 Å². The first-order valence-electron chi connectivity index (χ1n) is 6.99. The lowest BCUT2D eigenvalue weighted by Gasteiger charge is -2.34. The Kier molecular flexibility index (Phi) is 5.02. The number of hydrogen-bond donors (Lipinski definition) is 1. The minimum Gasteiger partial charge on any atom is -0.378 e. The minimum atomic E-state index is 0.452. The second kappa shape index (κ2) is 6.76. The van der Waals surface area contributed by atoms with Crippen LogP contribution < -0.4 is 10.6 Å². The van der Waals surface area contributed by atoms with Gasteiger partial charge in [0.2, 0.25) is 0 Å². The van der Waals surface area contributed by atoms with E-state index in [0.29, 0.717) is 12.6 Å². The average molecular weight is 248 g/mol. The summed E-state index contributed by atoms with van der Waals surface area (Å²) in [5, 5.41) is 0. The Morgan fingerprint density at radius 2 is 2.00 bits per heavy atom. The Morgan fingerprint density at radius 3 is 2.67 bits per heavy atom. The number of para-hydroxylation sites is 1. The van der Waals surface area contributed by atoms with Gasteiger partial charge in [-0.3, -0.25) is 0 Å². The molecule has 1 aliphatic rings. The SMILES string of the molecule is CCOC1CCN(c2ccccc2CCN)CC1. The Bertz CT molecular complexity index is 359. The second-order valence-electron chi connectivity index (χ2n) is 4.81. The lowest BCUT2D eigenvalue weighted by Crippen LogP contribution is -2.37. The first-order valence-corrected chi connectivity index (χ1v) is 6.99. The summed E-state index contributed by atoms with van der Waals surface area (Å²) in [6, 6.07) is 8.62. The Balaban J connectivity index is 2.00. The van der Waals surface area contributed by atoms with Gasteiger partial charge >= 0.3 is 0 Å². The minimum absolute atomic E-state index is 0.452. The molecule has 0 bridgehead atoms. The Hall–Kier alpha value is -1.06. The summed E-state index contributed by atoms with van der Waals surface area (Å²) >= 11 is 0. The number of nitrogens with two attached hydrogens (primary N) is 1. The molecule has 0 aromatic heterocycles. The van der Waals surface area contributed by atoms with E-state index >= 15 is 0 Å². The second-order valence-corrected chi connectivity index (χ2v) is 4.81. The molecule has 0 saturated carbocycles. The van der Waals surface area contributed by atoms with E-state index in [1.165, 1.54) is 11.3 Å². The normalized spacial score (nSPS) is 17.1. The number of ether oxygens (including phenoxy) is 1. The van der Waals surface area contributed by atoms with Gasteiger partial charge in [0.05, 0.1) is 6.10 Å². The summed E-state index contributed by atoms with van der Waals surface area (Å²) in [5.41, 5.74) is 8.41. The van der Waals surface area contributed by atoms with Crippen LogP contribution in [0, 0.1) is 0 Å². The molecule has 1 aromatic rings. The first kappa shape index (κ1) is 13.4. The zero-order valence-corrected chi connectivity index (χ0v) is 11.3. The quantitative estimate of drug-likeness (QED) is 0.868. The molecule has 3 nitrogen and oxygen atoms in total. The smallest absolute Gasteiger partial charge is 0.0608 e. The van der Waals surface area contributed by atoms with E-state index in [0.717, 1.165) is 39.0 Å². The zero-order chi connectivity index (χ0) is 12.8. The third-order valence-electron chi connectivity index (χ3n) is 3.59. The maximum absolute atomic E-state index is 5.70. The highest BCUT2D eigenvalue weighted by atomic mass is 16.5. The number of nitrogens with zero attached hydrogens (tertiary/aromatic N) is 1. The maximum Gasteiger partial charge on any atom is 0.0608 e. The third-order valence-corrected chi connectivity index (χ3v) is 3.59. The maximum atomic E-state index is 5.70. The fourth-order valence-electron chi connectivity index (χ4n) is 2.69. The monoisotopic (exact) mass is 248 g/mol. The van der Waals surface area contributed by atoms with Gasteiger partial charge in [0, 0.05) is 25.4 Å². The molecule has 3 heteroatoms. The standard InChI is InChI=1S/C15H24N2O/c1-2-18-14-8-11-17(12-9-14)15-6-4-3-5-13(15)7-10-16/h3-6,14H,2,7-12,16H2,1H3. The van der Waals surface area contributed by atoms with E-state index in [2.05, 4.69) is 36.1 Å². The molecule has 1 heterocycles. The van der Waals surface area contributed by atoms with E-state index in [1.807, 2.05) is 0 Å². The van der Waals surface area contributed by atoms with Crippen molar-refractivity contribution in [3.05, 3.63) is 29.8 Å². The van der Waals surface area contributed by atoms with Crippen LogP contribution in [0.25, 0.3) is 0 Å². The van der Waals surface area contributed by atoms with Crippen LogP contribution in [0.15, 0.2) is 24.3 Å². The molecule has 1 aliphatic heterocycles. The fraction of sp³-hybridized carbons (Fsp3) is 0.600. The van der Waals surface area contributed by atoms with E-state index in [-0.39, 0.29) is 0 Å². The summed E-state index contributed by atoms with van der Waals surface area (Å²) in [6.07, 6.45) is 3.67. The van der Waals surface area contributed by atoms with Gasteiger partial charge in [-0.25, -0.2) is 0 Å². The van der Waals surface area contributed by atoms with Gasteiger partial charge in [-0.15, -0.1) is 0 Å². The summed E-state index contributed by atoms with van der Waals surface area (Å²) in [5.74, 6) is 0. The number of rotatable bonds is 5. The predicted molar refractivity (Wildman–Crippen MR) is 76.1 cm³/mol. The van der Waals surface area contributed by atoms with Crippen LogP contribution in [-0.4, -0.2) is 32.3 Å². The third kappa shape index (κ3) is 3.24. The van der Waals surface area contributed by atoms with E-state index < -0.39 is 0 Å². The fourth-order valence-corrected chi connectivity index (χ4v) is 2.69. The van der Waals surface area contributed by atoms with Gasteiger partial charge in [0.25, 0.3) is 0 Å². The molecule has 1 saturated heterocycles. The molecule has 0 radical (unpaired) electrons. The highest BCUT2D eigenvalue weighted by Gasteiger charge is 2.20. The van der Waals surface area contributed by atoms with E-state index in [4.69, 9.17) is 10.5 Å². The summed E-state index contributed by atoms with van der Waals surface area (Å²) < 4.78 is 5.70. The molecule has 0 aliphatic carbocycles. The summed E-state index contributed by atoms with van der Waals surface area (Å²) in [4.78, 5) is 2.47. The van der Waals surface area contributed by atoms with Crippen LogP contribution in [0.3, 0.4) is 0 Å². The van der Waals surface area contributed by atoms with Crippen LogP contribution in [0.4, 0.5) is 5.69 Å². The van der Waals surface area contributed by atoms with Crippen molar-refractivity contribution < 1.29 is 4.74 Å². The van der Waals surface area contributed by atoms with Crippen LogP contribution in [0.1, 0.15) is 25.3 Å². The summed E-state index contributed by atoms with van der Waals surface area (Å²) in [6.45, 7) is 5.79. The van der Waals surface area contributed by atoms with E-state index in [1.54, 1.807) is 0 Å². The largest absolute Gasteiger partial charge is 0.378 e. The molecule has 1 fully saturated rings.